The first-order chi connectivity index (χ1) is 13.1. The van der Waals surface area contributed by atoms with Gasteiger partial charge in [-0.1, -0.05) is 0 Å². The molecule has 4 fully saturated rings. The number of carbonyl (C=O) groups is 1. The number of hydrogen-bond donors (Lipinski definition) is 1. The number of anilines is 1. The van der Waals surface area contributed by atoms with Gasteiger partial charge in [0.15, 0.2) is 0 Å². The molecule has 2 bridgehead atoms. The molecule has 0 aromatic heterocycles. The molecule has 0 saturated carbocycles. The average Bonchev–Trinajstić information content (AvgIpc) is 3.17. The van der Waals surface area contributed by atoms with Gasteiger partial charge in [-0.15, -0.1) is 0 Å². The molecule has 148 valence electrons. The zero-order valence-electron chi connectivity index (χ0n) is 14.9. The first-order valence-corrected chi connectivity index (χ1v) is 9.07. The van der Waals surface area contributed by atoms with E-state index in [1.807, 2.05) is 0 Å². The lowest BCUT2D eigenvalue weighted by Gasteiger charge is -2.43. The molecule has 6 nitrogen and oxygen atoms in total. The Kier molecular flexibility index (Phi) is 3.36. The highest BCUT2D eigenvalue weighted by atomic mass is 19.4. The minimum atomic E-state index is -4.72. The molecule has 1 spiro atoms. The van der Waals surface area contributed by atoms with E-state index in [-0.39, 0.29) is 18.2 Å². The molecule has 1 N–H and O–H groups in total. The fourth-order valence-corrected chi connectivity index (χ4v) is 5.69. The van der Waals surface area contributed by atoms with Crippen molar-refractivity contribution >= 4 is 11.6 Å². The number of amides is 1. The van der Waals surface area contributed by atoms with Crippen LogP contribution in [0.2, 0.25) is 0 Å². The van der Waals surface area contributed by atoms with Crippen LogP contribution >= 0.6 is 0 Å². The molecule has 1 aromatic carbocycles. The fourth-order valence-electron chi connectivity index (χ4n) is 5.69. The van der Waals surface area contributed by atoms with E-state index in [9.17, 15) is 23.1 Å². The number of carbonyl (C=O) groups excluding carboxylic acids is 1. The first-order valence-electron chi connectivity index (χ1n) is 9.07. The lowest BCUT2D eigenvalue weighted by Crippen LogP contribution is -2.56. The van der Waals surface area contributed by atoms with Gasteiger partial charge in [-0.3, -0.25) is 9.69 Å². The van der Waals surface area contributed by atoms with E-state index < -0.39 is 52.7 Å². The second kappa shape index (κ2) is 5.26. The summed E-state index contributed by atoms with van der Waals surface area (Å²) in [6.07, 6.45) is -5.54. The highest BCUT2D eigenvalue weighted by molar-refractivity contribution is 6.00. The Labute approximate surface area is 158 Å². The predicted octanol–water partition coefficient (Wildman–Crippen LogP) is 2.19. The minimum Gasteiger partial charge on any atom is -0.390 e. The highest BCUT2D eigenvalue weighted by Gasteiger charge is 2.78. The summed E-state index contributed by atoms with van der Waals surface area (Å²) >= 11 is 0. The first kappa shape index (κ1) is 17.9. The summed E-state index contributed by atoms with van der Waals surface area (Å²) < 4.78 is 52.1. The quantitative estimate of drug-likeness (QED) is 0.790. The maximum atomic E-state index is 13.4. The molecule has 6 atom stereocenters. The topological polar surface area (TPSA) is 82.8 Å². The number of hydrogen-bond acceptors (Lipinski definition) is 5. The van der Waals surface area contributed by atoms with Crippen LogP contribution in [0.4, 0.5) is 18.9 Å². The lowest BCUT2D eigenvalue weighted by atomic mass is 9.65. The van der Waals surface area contributed by atoms with E-state index in [4.69, 9.17) is 14.7 Å². The van der Waals surface area contributed by atoms with Gasteiger partial charge in [-0.05, 0) is 25.1 Å². The van der Waals surface area contributed by atoms with E-state index in [1.165, 1.54) is 11.0 Å². The van der Waals surface area contributed by atoms with Gasteiger partial charge in [0.2, 0.25) is 5.91 Å². The predicted molar refractivity (Wildman–Crippen MR) is 87.8 cm³/mol. The summed E-state index contributed by atoms with van der Waals surface area (Å²) in [6, 6.07) is 4.77. The van der Waals surface area contributed by atoms with Crippen LogP contribution in [0.15, 0.2) is 18.2 Å². The van der Waals surface area contributed by atoms with E-state index in [0.717, 1.165) is 12.1 Å². The van der Waals surface area contributed by atoms with Crippen molar-refractivity contribution in [2.24, 2.45) is 11.8 Å². The van der Waals surface area contributed by atoms with E-state index in [1.54, 1.807) is 13.0 Å². The van der Waals surface area contributed by atoms with Crippen molar-refractivity contribution in [3.8, 4) is 6.07 Å². The minimum absolute atomic E-state index is 0.0327. The molecule has 4 heterocycles. The van der Waals surface area contributed by atoms with Gasteiger partial charge >= 0.3 is 6.18 Å². The molecule has 4 aliphatic heterocycles. The molecule has 1 amide bonds. The number of nitrogens with zero attached hydrogens (tertiary/aromatic N) is 2. The molecule has 2 unspecified atom stereocenters. The van der Waals surface area contributed by atoms with Gasteiger partial charge < -0.3 is 14.6 Å². The fraction of sp³-hybridized carbons (Fsp3) is 0.579. The number of fused-ring (bicyclic) bond motifs is 2. The summed E-state index contributed by atoms with van der Waals surface area (Å²) in [5.41, 5.74) is -3.35. The third-order valence-electron chi connectivity index (χ3n) is 6.72. The van der Waals surface area contributed by atoms with Crippen LogP contribution in [0.5, 0.6) is 0 Å². The third-order valence-corrected chi connectivity index (χ3v) is 6.72. The van der Waals surface area contributed by atoms with Gasteiger partial charge in [0.1, 0.15) is 11.8 Å². The van der Waals surface area contributed by atoms with Crippen LogP contribution in [0.3, 0.4) is 0 Å². The second-order valence-electron chi connectivity index (χ2n) is 8.15. The molecule has 0 radical (unpaired) electrons. The number of alkyl halides is 3. The summed E-state index contributed by atoms with van der Waals surface area (Å²) in [5.74, 6) is -1.41. The van der Waals surface area contributed by atoms with Crippen molar-refractivity contribution in [1.29, 1.82) is 5.26 Å². The number of aliphatic hydroxyl groups is 1. The molecular formula is C19H17F3N2O4. The van der Waals surface area contributed by atoms with Gasteiger partial charge in [0.25, 0.3) is 0 Å². The number of nitriles is 1. The summed E-state index contributed by atoms with van der Waals surface area (Å²) in [4.78, 5) is 14.5. The van der Waals surface area contributed by atoms with E-state index in [0.29, 0.717) is 12.8 Å². The molecule has 1 aromatic rings. The van der Waals surface area contributed by atoms with Crippen LogP contribution in [-0.2, 0) is 20.4 Å². The molecular weight excluding hydrogens is 377 g/mol. The number of benzene rings is 1. The van der Waals surface area contributed by atoms with Crippen molar-refractivity contribution in [1.82, 2.24) is 0 Å². The van der Waals surface area contributed by atoms with Crippen molar-refractivity contribution < 1.29 is 32.5 Å². The standard InChI is InChI=1S/C19H17F3N2O4/c1-17-7-12(25)18(28-17)4-5-27-16-14(18)13(17)15(26)24(16)10-3-2-9(8-23)11(6-10)19(20,21)22/h2-3,6,12-14,16,25H,4-5,7H2,1H3/t12-,13?,14?,16-,17+,18-/m0/s1. The van der Waals surface area contributed by atoms with Crippen LogP contribution in [0, 0.1) is 23.2 Å². The Hall–Kier alpha value is -2.15. The number of aliphatic hydroxyl groups excluding tert-OH is 1. The smallest absolute Gasteiger partial charge is 0.390 e. The van der Waals surface area contributed by atoms with Crippen molar-refractivity contribution in [3.63, 3.8) is 0 Å². The Morgan fingerprint density at radius 1 is 1.39 bits per heavy atom. The number of ether oxygens (including phenoxy) is 2. The molecule has 5 rings (SSSR count). The maximum Gasteiger partial charge on any atom is 0.417 e. The van der Waals surface area contributed by atoms with Gasteiger partial charge in [0, 0.05) is 18.5 Å². The molecule has 9 heteroatoms. The van der Waals surface area contributed by atoms with Crippen LogP contribution in [-0.4, -0.2) is 41.2 Å². The normalized spacial score (nSPS) is 41.3. The van der Waals surface area contributed by atoms with Crippen molar-refractivity contribution in [2.75, 3.05) is 11.5 Å². The zero-order chi connectivity index (χ0) is 20.1. The van der Waals surface area contributed by atoms with Crippen LogP contribution < -0.4 is 4.90 Å². The van der Waals surface area contributed by atoms with E-state index in [2.05, 4.69) is 0 Å². The molecule has 0 aliphatic carbocycles. The molecule has 4 aliphatic rings. The highest BCUT2D eigenvalue weighted by Crippen LogP contribution is 2.65. The second-order valence-corrected chi connectivity index (χ2v) is 8.15. The summed E-state index contributed by atoms with van der Waals surface area (Å²) in [5, 5.41) is 19.6. The Balaban J connectivity index is 1.62. The van der Waals surface area contributed by atoms with E-state index >= 15 is 0 Å². The van der Waals surface area contributed by atoms with Gasteiger partial charge in [-0.2, -0.15) is 18.4 Å². The Morgan fingerprint density at radius 2 is 2.14 bits per heavy atom. The Bertz CT molecular complexity index is 929. The number of rotatable bonds is 1. The lowest BCUT2D eigenvalue weighted by molar-refractivity contribution is -0.163. The summed E-state index contributed by atoms with van der Waals surface area (Å²) in [7, 11) is 0. The monoisotopic (exact) mass is 394 g/mol. The molecule has 4 saturated heterocycles. The van der Waals surface area contributed by atoms with Gasteiger partial charge in [-0.25, -0.2) is 0 Å². The molecule has 28 heavy (non-hydrogen) atoms. The van der Waals surface area contributed by atoms with Crippen molar-refractivity contribution in [3.05, 3.63) is 29.3 Å². The number of halogens is 3. The SMILES string of the molecule is C[C@@]12C[C@H](O)[C@]3(CCO[C@H]4C3C1C(=O)N4c1ccc(C#N)c(C(F)(F)F)c1)O2. The summed E-state index contributed by atoms with van der Waals surface area (Å²) in [6.45, 7) is 2.00. The van der Waals surface area contributed by atoms with Gasteiger partial charge in [0.05, 0.1) is 47.3 Å². The third kappa shape index (κ3) is 2.00. The Morgan fingerprint density at radius 3 is 2.82 bits per heavy atom. The van der Waals surface area contributed by atoms with Crippen molar-refractivity contribution in [2.45, 2.75) is 49.5 Å². The largest absolute Gasteiger partial charge is 0.417 e. The van der Waals surface area contributed by atoms with Crippen LogP contribution in [0.25, 0.3) is 0 Å². The van der Waals surface area contributed by atoms with Crippen LogP contribution in [0.1, 0.15) is 30.9 Å². The zero-order valence-corrected chi connectivity index (χ0v) is 14.9. The maximum absolute atomic E-state index is 13.4. The average molecular weight is 394 g/mol.